The lowest BCUT2D eigenvalue weighted by Gasteiger charge is -2.36. The molecule has 1 atom stereocenters. The molecule has 0 bridgehead atoms. The van der Waals surface area contributed by atoms with Crippen molar-refractivity contribution in [1.29, 1.82) is 0 Å². The van der Waals surface area contributed by atoms with E-state index in [1.54, 1.807) is 29.2 Å². The Kier molecular flexibility index (Phi) is 4.49. The summed E-state index contributed by atoms with van der Waals surface area (Å²) < 4.78 is 18.4. The Morgan fingerprint density at radius 3 is 2.23 bits per heavy atom. The van der Waals surface area contributed by atoms with Gasteiger partial charge in [-0.25, -0.2) is 4.39 Å². The molecule has 1 aliphatic carbocycles. The molecule has 0 radical (unpaired) electrons. The Bertz CT molecular complexity index is 776. The molecule has 26 heavy (non-hydrogen) atoms. The number of carbonyl (C=O) groups is 2. The number of hydrogen-bond donors (Lipinski definition) is 0. The number of amides is 2. The van der Waals surface area contributed by atoms with E-state index in [2.05, 4.69) is 0 Å². The Balaban J connectivity index is 1.42. The molecule has 5 nitrogen and oxygen atoms in total. The van der Waals surface area contributed by atoms with Crippen LogP contribution in [0.4, 0.5) is 4.39 Å². The van der Waals surface area contributed by atoms with Crippen LogP contribution in [-0.2, 0) is 4.79 Å². The van der Waals surface area contributed by atoms with Crippen LogP contribution in [0, 0.1) is 11.7 Å². The molecule has 1 aromatic heterocycles. The summed E-state index contributed by atoms with van der Waals surface area (Å²) in [6, 6.07) is 9.60. The van der Waals surface area contributed by atoms with Crippen LogP contribution in [0.3, 0.4) is 0 Å². The fourth-order valence-corrected chi connectivity index (χ4v) is 3.60. The monoisotopic (exact) mass is 356 g/mol. The van der Waals surface area contributed by atoms with Gasteiger partial charge in [-0.05, 0) is 48.6 Å². The normalized spacial score (nSPS) is 18.7. The smallest absolute Gasteiger partial charge is 0.289 e. The molecule has 0 N–H and O–H groups in total. The minimum atomic E-state index is -0.291. The van der Waals surface area contributed by atoms with Gasteiger partial charge in [0.15, 0.2) is 5.76 Å². The van der Waals surface area contributed by atoms with Crippen molar-refractivity contribution in [3.05, 3.63) is 59.8 Å². The maximum absolute atomic E-state index is 13.2. The lowest BCUT2D eigenvalue weighted by molar-refractivity contribution is -0.134. The maximum atomic E-state index is 13.2. The predicted octanol–water partition coefficient (Wildman–Crippen LogP) is 2.90. The number of benzene rings is 1. The average Bonchev–Trinajstić information content (AvgIpc) is 3.34. The van der Waals surface area contributed by atoms with Crippen LogP contribution in [0.1, 0.15) is 34.9 Å². The summed E-state index contributed by atoms with van der Waals surface area (Å²) >= 11 is 0. The third-order valence-electron chi connectivity index (χ3n) is 5.20. The molecular weight excluding hydrogens is 335 g/mol. The van der Waals surface area contributed by atoms with E-state index in [-0.39, 0.29) is 23.5 Å². The van der Waals surface area contributed by atoms with Gasteiger partial charge in [-0.15, -0.1) is 0 Å². The first kappa shape index (κ1) is 16.8. The van der Waals surface area contributed by atoms with Gasteiger partial charge in [0.25, 0.3) is 5.91 Å². The molecule has 0 spiro atoms. The van der Waals surface area contributed by atoms with Crippen LogP contribution in [0.15, 0.2) is 47.1 Å². The number of halogens is 1. The molecule has 1 saturated heterocycles. The zero-order valence-corrected chi connectivity index (χ0v) is 14.4. The summed E-state index contributed by atoms with van der Waals surface area (Å²) in [6.07, 6.45) is 3.55. The molecule has 1 unspecified atom stereocenters. The summed E-state index contributed by atoms with van der Waals surface area (Å²) in [4.78, 5) is 29.0. The highest BCUT2D eigenvalue weighted by Crippen LogP contribution is 2.43. The van der Waals surface area contributed by atoms with Gasteiger partial charge in [0, 0.05) is 26.2 Å². The average molecular weight is 356 g/mol. The largest absolute Gasteiger partial charge is 0.459 e. The van der Waals surface area contributed by atoms with Crippen molar-refractivity contribution in [3.8, 4) is 0 Å². The highest BCUT2D eigenvalue weighted by molar-refractivity contribution is 5.91. The van der Waals surface area contributed by atoms with Crippen molar-refractivity contribution in [3.63, 3.8) is 0 Å². The molecule has 2 amide bonds. The zero-order valence-electron chi connectivity index (χ0n) is 14.4. The second-order valence-electron chi connectivity index (χ2n) is 6.96. The number of nitrogens with zero attached hydrogens (tertiary/aromatic N) is 2. The molecule has 1 saturated carbocycles. The Morgan fingerprint density at radius 2 is 1.65 bits per heavy atom. The SMILES string of the molecule is O=C(c1ccco1)N1CCN(C(=O)C(c2ccc(F)cc2)C2CC2)CC1. The van der Waals surface area contributed by atoms with Gasteiger partial charge >= 0.3 is 0 Å². The molecule has 1 aliphatic heterocycles. The second-order valence-corrected chi connectivity index (χ2v) is 6.96. The third-order valence-corrected chi connectivity index (χ3v) is 5.20. The van der Waals surface area contributed by atoms with Gasteiger partial charge in [-0.1, -0.05) is 12.1 Å². The zero-order chi connectivity index (χ0) is 18.1. The number of hydrogen-bond acceptors (Lipinski definition) is 3. The second kappa shape index (κ2) is 6.94. The van der Waals surface area contributed by atoms with Gasteiger partial charge < -0.3 is 14.2 Å². The van der Waals surface area contributed by atoms with Crippen LogP contribution in [-0.4, -0.2) is 47.8 Å². The highest BCUT2D eigenvalue weighted by atomic mass is 19.1. The van der Waals surface area contributed by atoms with Crippen LogP contribution < -0.4 is 0 Å². The summed E-state index contributed by atoms with van der Waals surface area (Å²) in [5, 5.41) is 0. The van der Waals surface area contributed by atoms with Crippen LogP contribution in [0.5, 0.6) is 0 Å². The molecule has 4 rings (SSSR count). The van der Waals surface area contributed by atoms with Gasteiger partial charge in [-0.2, -0.15) is 0 Å². The van der Waals surface area contributed by atoms with Crippen molar-refractivity contribution < 1.29 is 18.4 Å². The summed E-state index contributed by atoms with van der Waals surface area (Å²) in [6.45, 7) is 2.00. The van der Waals surface area contributed by atoms with E-state index in [0.29, 0.717) is 37.9 Å². The predicted molar refractivity (Wildman–Crippen MR) is 93.1 cm³/mol. The summed E-state index contributed by atoms with van der Waals surface area (Å²) in [5.74, 6) is 0.120. The van der Waals surface area contributed by atoms with Crippen molar-refractivity contribution >= 4 is 11.8 Å². The molecule has 136 valence electrons. The lowest BCUT2D eigenvalue weighted by atomic mass is 9.92. The minimum absolute atomic E-state index is 0.0872. The van der Waals surface area contributed by atoms with Crippen LogP contribution in [0.2, 0.25) is 0 Å². The molecule has 2 heterocycles. The summed E-state index contributed by atoms with van der Waals surface area (Å²) in [7, 11) is 0. The van der Waals surface area contributed by atoms with Gasteiger partial charge in [0.05, 0.1) is 12.2 Å². The molecule has 2 fully saturated rings. The van der Waals surface area contributed by atoms with Crippen molar-refractivity contribution in [2.75, 3.05) is 26.2 Å². The van der Waals surface area contributed by atoms with Gasteiger partial charge in [0.1, 0.15) is 5.82 Å². The van der Waals surface area contributed by atoms with E-state index >= 15 is 0 Å². The first-order chi connectivity index (χ1) is 12.6. The van der Waals surface area contributed by atoms with E-state index < -0.39 is 0 Å². The first-order valence-electron chi connectivity index (χ1n) is 9.00. The number of furan rings is 1. The Morgan fingerprint density at radius 1 is 1.00 bits per heavy atom. The van der Waals surface area contributed by atoms with Crippen molar-refractivity contribution in [2.24, 2.45) is 5.92 Å². The first-order valence-corrected chi connectivity index (χ1v) is 9.00. The number of piperazine rings is 1. The Labute approximate surface area is 151 Å². The van der Waals surface area contributed by atoms with Crippen molar-refractivity contribution in [2.45, 2.75) is 18.8 Å². The topological polar surface area (TPSA) is 53.8 Å². The van der Waals surface area contributed by atoms with Gasteiger partial charge in [0.2, 0.25) is 5.91 Å². The number of rotatable bonds is 4. The highest BCUT2D eigenvalue weighted by Gasteiger charge is 2.40. The maximum Gasteiger partial charge on any atom is 0.289 e. The Hall–Kier alpha value is -2.63. The van der Waals surface area contributed by atoms with Crippen molar-refractivity contribution in [1.82, 2.24) is 9.80 Å². The van der Waals surface area contributed by atoms with Crippen LogP contribution >= 0.6 is 0 Å². The quantitative estimate of drug-likeness (QED) is 0.846. The molecule has 2 aromatic rings. The van der Waals surface area contributed by atoms with Gasteiger partial charge in [-0.3, -0.25) is 9.59 Å². The molecule has 6 heteroatoms. The molecular formula is C20H21FN2O3. The van der Waals surface area contributed by atoms with E-state index in [1.807, 2.05) is 4.90 Å². The number of carbonyl (C=O) groups excluding carboxylic acids is 2. The minimum Gasteiger partial charge on any atom is -0.459 e. The van der Waals surface area contributed by atoms with E-state index in [0.717, 1.165) is 18.4 Å². The lowest BCUT2D eigenvalue weighted by Crippen LogP contribution is -2.51. The summed E-state index contributed by atoms with van der Waals surface area (Å²) in [5.41, 5.74) is 0.882. The fraction of sp³-hybridized carbons (Fsp3) is 0.400. The third kappa shape index (κ3) is 3.36. The fourth-order valence-electron chi connectivity index (χ4n) is 3.60. The van der Waals surface area contributed by atoms with E-state index in [1.165, 1.54) is 18.4 Å². The van der Waals surface area contributed by atoms with E-state index in [9.17, 15) is 14.0 Å². The molecule has 1 aromatic carbocycles. The molecule has 2 aliphatic rings. The van der Waals surface area contributed by atoms with E-state index in [4.69, 9.17) is 4.42 Å². The van der Waals surface area contributed by atoms with Crippen LogP contribution in [0.25, 0.3) is 0 Å². The standard InChI is InChI=1S/C20H21FN2O3/c21-16-7-5-15(6-8-16)18(14-3-4-14)20(25)23-11-9-22(10-12-23)19(24)17-2-1-13-26-17/h1-2,5-8,13-14,18H,3-4,9-12H2.